The van der Waals surface area contributed by atoms with E-state index in [1.54, 1.807) is 46.7 Å². The van der Waals surface area contributed by atoms with E-state index in [4.69, 9.17) is 11.6 Å². The quantitative estimate of drug-likeness (QED) is 0.648. The third-order valence-electron chi connectivity index (χ3n) is 5.03. The minimum atomic E-state index is -0.630. The Labute approximate surface area is 173 Å². The number of nitrogens with zero attached hydrogens (tertiary/aromatic N) is 2. The van der Waals surface area contributed by atoms with E-state index < -0.39 is 17.7 Å². The van der Waals surface area contributed by atoms with Gasteiger partial charge in [0, 0.05) is 18.1 Å². The van der Waals surface area contributed by atoms with Crippen molar-refractivity contribution in [3.05, 3.63) is 68.6 Å². The molecule has 2 aromatic rings. The average molecular weight is 419 g/mol. The number of aliphatic hydroxyl groups excluding tert-OH is 1. The number of halogens is 1. The largest absolute Gasteiger partial charge is 0.503 e. The molecule has 2 heterocycles. The van der Waals surface area contributed by atoms with Crippen LogP contribution in [0.5, 0.6) is 0 Å². The Hall–Kier alpha value is -2.15. The first-order chi connectivity index (χ1) is 13.5. The van der Waals surface area contributed by atoms with E-state index in [9.17, 15) is 14.7 Å². The van der Waals surface area contributed by atoms with Crippen LogP contribution in [-0.2, 0) is 4.79 Å². The first-order valence-electron chi connectivity index (χ1n) is 9.28. The van der Waals surface area contributed by atoms with E-state index in [1.165, 1.54) is 11.3 Å². The van der Waals surface area contributed by atoms with Gasteiger partial charge in [-0.15, -0.1) is 11.3 Å². The number of thiophene rings is 1. The molecule has 1 unspecified atom stereocenters. The number of benzene rings is 1. The van der Waals surface area contributed by atoms with Crippen molar-refractivity contribution in [1.82, 2.24) is 9.80 Å². The van der Waals surface area contributed by atoms with Crippen molar-refractivity contribution >= 4 is 34.6 Å². The summed E-state index contributed by atoms with van der Waals surface area (Å²) in [4.78, 5) is 30.2. The molecule has 5 nitrogen and oxygen atoms in total. The van der Waals surface area contributed by atoms with E-state index in [0.717, 1.165) is 18.7 Å². The van der Waals surface area contributed by atoms with Gasteiger partial charge in [0.25, 0.3) is 5.91 Å². The molecule has 148 valence electrons. The second-order valence-electron chi connectivity index (χ2n) is 6.55. The molecule has 1 aromatic heterocycles. The van der Waals surface area contributed by atoms with Crippen molar-refractivity contribution in [3.8, 4) is 0 Å². The fraction of sp³-hybridized carbons (Fsp3) is 0.333. The molecule has 0 fully saturated rings. The number of carbonyl (C=O) groups excluding carboxylic acids is 2. The Balaban J connectivity index is 1.99. The maximum Gasteiger partial charge on any atom is 0.290 e. The fourth-order valence-electron chi connectivity index (χ4n) is 3.44. The van der Waals surface area contributed by atoms with Gasteiger partial charge in [-0.05, 0) is 42.2 Å². The first kappa shape index (κ1) is 20.6. The van der Waals surface area contributed by atoms with Gasteiger partial charge in [-0.2, -0.15) is 0 Å². The van der Waals surface area contributed by atoms with Crippen LogP contribution in [0.3, 0.4) is 0 Å². The van der Waals surface area contributed by atoms with Crippen LogP contribution in [-0.4, -0.2) is 52.8 Å². The fourth-order valence-corrected chi connectivity index (χ4v) is 4.24. The van der Waals surface area contributed by atoms with Crippen LogP contribution in [0, 0.1) is 0 Å². The lowest BCUT2D eigenvalue weighted by Gasteiger charge is -2.29. The minimum Gasteiger partial charge on any atom is -0.503 e. The molecule has 7 heteroatoms. The van der Waals surface area contributed by atoms with Crippen molar-refractivity contribution in [1.29, 1.82) is 0 Å². The van der Waals surface area contributed by atoms with Gasteiger partial charge >= 0.3 is 0 Å². The summed E-state index contributed by atoms with van der Waals surface area (Å²) in [5, 5.41) is 13.0. The van der Waals surface area contributed by atoms with Crippen LogP contribution in [0.25, 0.3) is 0 Å². The topological polar surface area (TPSA) is 60.9 Å². The summed E-state index contributed by atoms with van der Waals surface area (Å²) in [6.07, 6.45) is 0. The molecule has 1 atom stereocenters. The molecular formula is C21H23ClN2O3S. The highest BCUT2D eigenvalue weighted by atomic mass is 35.5. The van der Waals surface area contributed by atoms with E-state index in [1.807, 2.05) is 0 Å². The van der Waals surface area contributed by atoms with Gasteiger partial charge < -0.3 is 14.9 Å². The molecule has 0 bridgehead atoms. The SMILES string of the molecule is CCN(CC)CCN1C(=O)C(O)=C(C(=O)c2cccs2)C1c1ccc(Cl)cc1. The number of rotatable bonds is 8. The Kier molecular flexibility index (Phi) is 6.54. The van der Waals surface area contributed by atoms with Gasteiger partial charge in [-0.3, -0.25) is 9.59 Å². The lowest BCUT2D eigenvalue weighted by atomic mass is 9.95. The molecule has 1 aliphatic heterocycles. The van der Waals surface area contributed by atoms with Crippen molar-refractivity contribution in [2.75, 3.05) is 26.2 Å². The maximum atomic E-state index is 13.1. The molecule has 28 heavy (non-hydrogen) atoms. The second kappa shape index (κ2) is 8.90. The molecule has 1 amide bonds. The van der Waals surface area contributed by atoms with E-state index in [0.29, 0.717) is 23.0 Å². The summed E-state index contributed by atoms with van der Waals surface area (Å²) < 4.78 is 0. The minimum absolute atomic E-state index is 0.134. The number of aliphatic hydroxyl groups is 1. The number of likely N-dealkylation sites (N-methyl/N-ethyl adjacent to an activating group) is 1. The van der Waals surface area contributed by atoms with Crippen LogP contribution < -0.4 is 0 Å². The molecule has 1 aliphatic rings. The number of Topliss-reactive ketones (excluding diaryl/α,β-unsaturated/α-hetero) is 1. The molecule has 1 aromatic carbocycles. The van der Waals surface area contributed by atoms with Crippen LogP contribution >= 0.6 is 22.9 Å². The standard InChI is InChI=1S/C21H23ClN2O3S/c1-3-23(4-2)11-12-24-18(14-7-9-15(22)10-8-14)17(20(26)21(24)27)19(25)16-6-5-13-28-16/h5-10,13,18,26H,3-4,11-12H2,1-2H3. The van der Waals surface area contributed by atoms with Crippen molar-refractivity contribution in [2.45, 2.75) is 19.9 Å². The Morgan fingerprint density at radius 2 is 1.89 bits per heavy atom. The van der Waals surface area contributed by atoms with Gasteiger partial charge in [0.2, 0.25) is 5.78 Å². The molecule has 0 saturated heterocycles. The first-order valence-corrected chi connectivity index (χ1v) is 10.5. The molecule has 0 aliphatic carbocycles. The molecular weight excluding hydrogens is 396 g/mol. The van der Waals surface area contributed by atoms with Crippen LogP contribution in [0.15, 0.2) is 53.1 Å². The van der Waals surface area contributed by atoms with Gasteiger partial charge in [-0.1, -0.05) is 43.6 Å². The summed E-state index contributed by atoms with van der Waals surface area (Å²) in [6.45, 7) is 6.94. The zero-order valence-electron chi connectivity index (χ0n) is 15.9. The van der Waals surface area contributed by atoms with Gasteiger partial charge in [0.15, 0.2) is 5.76 Å². The Morgan fingerprint density at radius 3 is 2.46 bits per heavy atom. The van der Waals surface area contributed by atoms with E-state index in [-0.39, 0.29) is 11.4 Å². The van der Waals surface area contributed by atoms with Crippen LogP contribution in [0.2, 0.25) is 5.02 Å². The number of hydrogen-bond acceptors (Lipinski definition) is 5. The van der Waals surface area contributed by atoms with Gasteiger partial charge in [0.1, 0.15) is 0 Å². The Bertz CT molecular complexity index is 874. The molecule has 3 rings (SSSR count). The van der Waals surface area contributed by atoms with E-state index in [2.05, 4.69) is 18.7 Å². The number of amides is 1. The summed E-state index contributed by atoms with van der Waals surface area (Å²) >= 11 is 7.31. The van der Waals surface area contributed by atoms with Gasteiger partial charge in [0.05, 0.1) is 16.5 Å². The van der Waals surface area contributed by atoms with Crippen LogP contribution in [0.4, 0.5) is 0 Å². The highest BCUT2D eigenvalue weighted by Gasteiger charge is 2.43. The molecule has 1 N–H and O–H groups in total. The molecule has 0 saturated carbocycles. The second-order valence-corrected chi connectivity index (χ2v) is 7.93. The highest BCUT2D eigenvalue weighted by molar-refractivity contribution is 7.12. The summed E-state index contributed by atoms with van der Waals surface area (Å²) in [5.74, 6) is -1.28. The smallest absolute Gasteiger partial charge is 0.290 e. The zero-order chi connectivity index (χ0) is 20.3. The molecule has 0 radical (unpaired) electrons. The van der Waals surface area contributed by atoms with Crippen molar-refractivity contribution < 1.29 is 14.7 Å². The van der Waals surface area contributed by atoms with Gasteiger partial charge in [-0.25, -0.2) is 0 Å². The zero-order valence-corrected chi connectivity index (χ0v) is 17.5. The van der Waals surface area contributed by atoms with Crippen molar-refractivity contribution in [2.24, 2.45) is 0 Å². The third-order valence-corrected chi connectivity index (χ3v) is 6.15. The van der Waals surface area contributed by atoms with Crippen molar-refractivity contribution in [3.63, 3.8) is 0 Å². The highest BCUT2D eigenvalue weighted by Crippen LogP contribution is 2.39. The third kappa shape index (κ3) is 3.99. The summed E-state index contributed by atoms with van der Waals surface area (Å²) in [6, 6.07) is 9.90. The average Bonchev–Trinajstić information content (AvgIpc) is 3.32. The monoisotopic (exact) mass is 418 g/mol. The normalized spacial score (nSPS) is 17.1. The number of hydrogen-bond donors (Lipinski definition) is 1. The lowest BCUT2D eigenvalue weighted by molar-refractivity contribution is -0.129. The van der Waals surface area contributed by atoms with E-state index >= 15 is 0 Å². The predicted molar refractivity (Wildman–Crippen MR) is 112 cm³/mol. The lowest BCUT2D eigenvalue weighted by Crippen LogP contribution is -2.38. The van der Waals surface area contributed by atoms with Crippen LogP contribution in [0.1, 0.15) is 35.1 Å². The maximum absolute atomic E-state index is 13.1. The molecule has 0 spiro atoms. The Morgan fingerprint density at radius 1 is 1.21 bits per heavy atom. The number of carbonyl (C=O) groups is 2. The predicted octanol–water partition coefficient (Wildman–Crippen LogP) is 4.32. The summed E-state index contributed by atoms with van der Waals surface area (Å²) in [7, 11) is 0. The summed E-state index contributed by atoms with van der Waals surface area (Å²) in [5.41, 5.74) is 0.885. The number of ketones is 1.